The van der Waals surface area contributed by atoms with E-state index < -0.39 is 14.8 Å². The molecular weight excluding hydrogens is 240 g/mol. The van der Waals surface area contributed by atoms with Crippen LogP contribution in [0.15, 0.2) is 0 Å². The van der Waals surface area contributed by atoms with E-state index in [4.69, 9.17) is 0 Å². The van der Waals surface area contributed by atoms with Crippen LogP contribution in [0.1, 0.15) is 34.1 Å². The number of carbonyl (C=O) groups excluding carboxylic acids is 1. The Hall–Kier alpha value is -0.620. The minimum atomic E-state index is -3.40. The van der Waals surface area contributed by atoms with Crippen LogP contribution in [0.4, 0.5) is 0 Å². The maximum Gasteiger partial charge on any atom is 0.258 e. The van der Waals surface area contributed by atoms with Gasteiger partial charge in [-0.15, -0.1) is 0 Å². The molecule has 1 aliphatic heterocycles. The standard InChI is InChI=1S/C11H22N2O3S/c1-9(2)8-12-6-5-7-13-10(14)11(3,4)17(13,15)16/h9,12H,5-8H2,1-4H3. The van der Waals surface area contributed by atoms with Crippen LogP contribution in [-0.4, -0.2) is 43.0 Å². The highest BCUT2D eigenvalue weighted by Crippen LogP contribution is 2.34. The number of rotatable bonds is 6. The predicted molar refractivity (Wildman–Crippen MR) is 67.0 cm³/mol. The zero-order valence-electron chi connectivity index (χ0n) is 11.0. The molecule has 0 aromatic heterocycles. The largest absolute Gasteiger partial charge is 0.316 e. The molecular formula is C11H22N2O3S. The monoisotopic (exact) mass is 262 g/mol. The van der Waals surface area contributed by atoms with E-state index in [2.05, 4.69) is 19.2 Å². The number of hydrogen-bond donors (Lipinski definition) is 1. The third-order valence-corrected chi connectivity index (χ3v) is 5.34. The van der Waals surface area contributed by atoms with E-state index in [0.717, 1.165) is 17.4 Å². The van der Waals surface area contributed by atoms with Gasteiger partial charge in [0, 0.05) is 6.54 Å². The summed E-state index contributed by atoms with van der Waals surface area (Å²) in [6.45, 7) is 9.06. The molecule has 0 atom stereocenters. The van der Waals surface area contributed by atoms with Crippen molar-refractivity contribution in [3.8, 4) is 0 Å². The second kappa shape index (κ2) is 4.94. The molecule has 1 rings (SSSR count). The molecule has 0 aromatic rings. The minimum Gasteiger partial charge on any atom is -0.316 e. The van der Waals surface area contributed by atoms with Gasteiger partial charge >= 0.3 is 0 Å². The summed E-state index contributed by atoms with van der Waals surface area (Å²) < 4.78 is 23.2. The molecule has 1 fully saturated rings. The second-order valence-electron chi connectivity index (χ2n) is 5.34. The maximum absolute atomic E-state index is 11.7. The van der Waals surface area contributed by atoms with Crippen LogP contribution in [0.2, 0.25) is 0 Å². The first-order valence-electron chi connectivity index (χ1n) is 5.98. The molecule has 1 heterocycles. The molecule has 1 N–H and O–H groups in total. The lowest BCUT2D eigenvalue weighted by Crippen LogP contribution is -2.67. The summed E-state index contributed by atoms with van der Waals surface area (Å²) in [6.07, 6.45) is 0.660. The topological polar surface area (TPSA) is 66.5 Å². The van der Waals surface area contributed by atoms with Crippen molar-refractivity contribution in [1.29, 1.82) is 0 Å². The predicted octanol–water partition coefficient (Wildman–Crippen LogP) is 0.573. The van der Waals surface area contributed by atoms with E-state index in [9.17, 15) is 13.2 Å². The number of sulfonamides is 1. The SMILES string of the molecule is CC(C)CNCCCN1C(=O)C(C)(C)S1(=O)=O. The summed E-state index contributed by atoms with van der Waals surface area (Å²) in [6, 6.07) is 0. The Morgan fingerprint density at radius 3 is 2.41 bits per heavy atom. The third kappa shape index (κ3) is 2.63. The smallest absolute Gasteiger partial charge is 0.258 e. The normalized spacial score (nSPS) is 21.7. The van der Waals surface area contributed by atoms with Crippen molar-refractivity contribution in [3.05, 3.63) is 0 Å². The molecule has 6 heteroatoms. The van der Waals surface area contributed by atoms with Gasteiger partial charge in [0.05, 0.1) is 0 Å². The van der Waals surface area contributed by atoms with Gasteiger partial charge in [0.1, 0.15) is 0 Å². The molecule has 1 amide bonds. The van der Waals surface area contributed by atoms with Gasteiger partial charge in [-0.05, 0) is 39.3 Å². The molecule has 0 aliphatic carbocycles. The van der Waals surface area contributed by atoms with E-state index in [1.165, 1.54) is 13.8 Å². The van der Waals surface area contributed by atoms with Crippen LogP contribution in [0.25, 0.3) is 0 Å². The summed E-state index contributed by atoms with van der Waals surface area (Å²) in [5.41, 5.74) is 0. The summed E-state index contributed by atoms with van der Waals surface area (Å²) in [7, 11) is -3.40. The Bertz CT molecular complexity index is 388. The van der Waals surface area contributed by atoms with Crippen molar-refractivity contribution >= 4 is 15.9 Å². The number of amides is 1. The summed E-state index contributed by atoms with van der Waals surface area (Å²) in [5, 5.41) is 3.22. The molecule has 0 spiro atoms. The zero-order valence-corrected chi connectivity index (χ0v) is 11.8. The quantitative estimate of drug-likeness (QED) is 0.711. The van der Waals surface area contributed by atoms with Gasteiger partial charge in [-0.25, -0.2) is 12.7 Å². The number of carbonyl (C=O) groups is 1. The van der Waals surface area contributed by atoms with Gasteiger partial charge in [-0.2, -0.15) is 0 Å². The molecule has 0 radical (unpaired) electrons. The molecule has 0 unspecified atom stereocenters. The van der Waals surface area contributed by atoms with Crippen molar-refractivity contribution in [1.82, 2.24) is 9.62 Å². The third-order valence-electron chi connectivity index (χ3n) is 2.94. The van der Waals surface area contributed by atoms with E-state index >= 15 is 0 Å². The van der Waals surface area contributed by atoms with Gasteiger partial charge in [0.25, 0.3) is 15.9 Å². The van der Waals surface area contributed by atoms with E-state index in [-0.39, 0.29) is 12.5 Å². The Morgan fingerprint density at radius 1 is 1.35 bits per heavy atom. The van der Waals surface area contributed by atoms with Gasteiger partial charge in [0.2, 0.25) is 0 Å². The van der Waals surface area contributed by atoms with Crippen molar-refractivity contribution < 1.29 is 13.2 Å². The van der Waals surface area contributed by atoms with Crippen molar-refractivity contribution in [3.63, 3.8) is 0 Å². The number of nitrogens with one attached hydrogen (secondary N) is 1. The molecule has 100 valence electrons. The van der Waals surface area contributed by atoms with Crippen LogP contribution < -0.4 is 5.32 Å². The average Bonchev–Trinajstić information content (AvgIpc) is 2.21. The minimum absolute atomic E-state index is 0.287. The first-order chi connectivity index (χ1) is 7.71. The van der Waals surface area contributed by atoms with Gasteiger partial charge in [-0.1, -0.05) is 13.8 Å². The van der Waals surface area contributed by atoms with E-state index in [0.29, 0.717) is 12.3 Å². The molecule has 1 saturated heterocycles. The lowest BCUT2D eigenvalue weighted by Gasteiger charge is -2.43. The Balaban J connectivity index is 2.33. The fourth-order valence-electron chi connectivity index (χ4n) is 1.72. The fraction of sp³-hybridized carbons (Fsp3) is 0.909. The number of nitrogens with zero attached hydrogens (tertiary/aromatic N) is 1. The first kappa shape index (κ1) is 14.4. The van der Waals surface area contributed by atoms with Gasteiger partial charge in [0.15, 0.2) is 4.75 Å². The maximum atomic E-state index is 11.7. The van der Waals surface area contributed by atoms with Crippen molar-refractivity contribution in [2.45, 2.75) is 38.9 Å². The number of hydrogen-bond acceptors (Lipinski definition) is 4. The van der Waals surface area contributed by atoms with Crippen LogP contribution in [0, 0.1) is 5.92 Å². The summed E-state index contributed by atoms with van der Waals surface area (Å²) >= 11 is 0. The zero-order chi connectivity index (χ0) is 13.3. The fourth-order valence-corrected chi connectivity index (χ4v) is 3.28. The van der Waals surface area contributed by atoms with E-state index in [1.54, 1.807) is 0 Å². The highest BCUT2D eigenvalue weighted by atomic mass is 32.2. The summed E-state index contributed by atoms with van der Waals surface area (Å²) in [4.78, 5) is 11.6. The average molecular weight is 262 g/mol. The lowest BCUT2D eigenvalue weighted by atomic mass is 10.2. The summed E-state index contributed by atoms with van der Waals surface area (Å²) in [5.74, 6) is 0.282. The van der Waals surface area contributed by atoms with Gasteiger partial charge in [-0.3, -0.25) is 4.79 Å². The van der Waals surface area contributed by atoms with Crippen LogP contribution in [0.3, 0.4) is 0 Å². The van der Waals surface area contributed by atoms with E-state index in [1.807, 2.05) is 0 Å². The Morgan fingerprint density at radius 2 is 1.94 bits per heavy atom. The van der Waals surface area contributed by atoms with Crippen LogP contribution in [0.5, 0.6) is 0 Å². The second-order valence-corrected chi connectivity index (χ2v) is 7.76. The van der Waals surface area contributed by atoms with Crippen molar-refractivity contribution in [2.24, 2.45) is 5.92 Å². The molecule has 5 nitrogen and oxygen atoms in total. The highest BCUT2D eigenvalue weighted by Gasteiger charge is 2.59. The lowest BCUT2D eigenvalue weighted by molar-refractivity contribution is -0.132. The molecule has 0 aromatic carbocycles. The Labute approximate surface area is 104 Å². The molecule has 0 bridgehead atoms. The highest BCUT2D eigenvalue weighted by molar-refractivity contribution is 7.94. The first-order valence-corrected chi connectivity index (χ1v) is 7.42. The van der Waals surface area contributed by atoms with Gasteiger partial charge < -0.3 is 5.32 Å². The van der Waals surface area contributed by atoms with Crippen LogP contribution in [-0.2, 0) is 14.8 Å². The molecule has 0 saturated carbocycles. The van der Waals surface area contributed by atoms with Crippen molar-refractivity contribution in [2.75, 3.05) is 19.6 Å². The molecule has 1 aliphatic rings. The molecule has 17 heavy (non-hydrogen) atoms. The Kier molecular flexibility index (Phi) is 4.19. The van der Waals surface area contributed by atoms with Crippen LogP contribution >= 0.6 is 0 Å².